The van der Waals surface area contributed by atoms with E-state index in [9.17, 15) is 0 Å². The van der Waals surface area contributed by atoms with Crippen LogP contribution in [0, 0.1) is 0 Å². The van der Waals surface area contributed by atoms with Gasteiger partial charge in [0, 0.05) is 0 Å². The molecule has 194 valence electrons. The Labute approximate surface area is 223 Å². The molecule has 0 aliphatic heterocycles. The molecule has 1 aromatic rings. The third kappa shape index (κ3) is 8.82. The van der Waals surface area contributed by atoms with Gasteiger partial charge >= 0.3 is 224 Å². The van der Waals surface area contributed by atoms with Crippen LogP contribution in [0.2, 0.25) is 26.5 Å². The maximum absolute atomic E-state index is 3.91. The van der Waals surface area contributed by atoms with Crippen LogP contribution in [0.1, 0.15) is 116 Å². The molecule has 3 rings (SSSR count). The fourth-order valence-electron chi connectivity index (χ4n) is 6.96. The molecular weight excluding hydrogens is 526 g/mol. The van der Waals surface area contributed by atoms with E-state index in [1.807, 2.05) is 9.04 Å². The first kappa shape index (κ1) is 29.1. The summed E-state index contributed by atoms with van der Waals surface area (Å²) in [5.74, 6) is 1.85. The van der Waals surface area contributed by atoms with Crippen LogP contribution < -0.4 is 19.5 Å². The Morgan fingerprint density at radius 1 is 0.771 bits per heavy atom. The van der Waals surface area contributed by atoms with Crippen molar-refractivity contribution < 1.29 is 0 Å². The summed E-state index contributed by atoms with van der Waals surface area (Å²) in [7, 11) is 0. The summed E-state index contributed by atoms with van der Waals surface area (Å²) in [5, 5.41) is 3.11. The van der Waals surface area contributed by atoms with Crippen molar-refractivity contribution in [2.24, 2.45) is 0 Å². The van der Waals surface area contributed by atoms with E-state index in [0.29, 0.717) is 0 Å². The molecule has 0 heterocycles. The summed E-state index contributed by atoms with van der Waals surface area (Å²) in [6.45, 7) is 7.05. The molecular formula is C33H55BSn. The normalized spacial score (nSPS) is 19.3. The van der Waals surface area contributed by atoms with Crippen LogP contribution >= 0.6 is 0 Å². The second kappa shape index (κ2) is 15.1. The zero-order valence-corrected chi connectivity index (χ0v) is 26.7. The molecule has 35 heavy (non-hydrogen) atoms. The first-order valence-electron chi connectivity index (χ1n) is 15.4. The summed E-state index contributed by atoms with van der Waals surface area (Å²) in [4.78, 5) is 8.00. The van der Waals surface area contributed by atoms with Crippen molar-refractivity contribution in [2.75, 3.05) is 0 Å². The number of allylic oxidation sites excluding steroid dienone is 1. The second-order valence-corrected chi connectivity index (χ2v) is 27.1. The van der Waals surface area contributed by atoms with Gasteiger partial charge in [-0.3, -0.25) is 0 Å². The van der Waals surface area contributed by atoms with E-state index >= 15 is 0 Å². The zero-order chi connectivity index (χ0) is 25.1. The Hall–Kier alpha value is -0.436. The molecule has 0 saturated heterocycles. The molecule has 0 unspecified atom stereocenters. The van der Waals surface area contributed by atoms with Gasteiger partial charge < -0.3 is 0 Å². The summed E-state index contributed by atoms with van der Waals surface area (Å²) in [6.07, 6.45) is 30.7. The molecule has 0 radical (unpaired) electrons. The number of unbranched alkanes of at least 4 members (excludes halogenated alkanes) is 5. The van der Waals surface area contributed by atoms with Gasteiger partial charge in [-0.05, 0) is 0 Å². The summed E-state index contributed by atoms with van der Waals surface area (Å²) < 4.78 is 1.85. The summed E-state index contributed by atoms with van der Waals surface area (Å²) >= 11 is -2.31. The van der Waals surface area contributed by atoms with Gasteiger partial charge in [-0.1, -0.05) is 0 Å². The minimum atomic E-state index is -2.31. The zero-order valence-electron chi connectivity index (χ0n) is 23.8. The van der Waals surface area contributed by atoms with E-state index in [1.165, 1.54) is 103 Å². The van der Waals surface area contributed by atoms with Crippen molar-refractivity contribution in [2.45, 2.75) is 143 Å². The van der Waals surface area contributed by atoms with Gasteiger partial charge in [0.2, 0.25) is 0 Å². The van der Waals surface area contributed by atoms with Gasteiger partial charge in [0.15, 0.2) is 0 Å². The molecule has 0 nitrogen and oxygen atoms in total. The Kier molecular flexibility index (Phi) is 12.6. The number of rotatable bonds is 12. The molecule has 0 N–H and O–H groups in total. The summed E-state index contributed by atoms with van der Waals surface area (Å²) in [5.41, 5.74) is 1.83. The Morgan fingerprint density at radius 3 is 1.80 bits per heavy atom. The molecule has 0 bridgehead atoms. The summed E-state index contributed by atoms with van der Waals surface area (Å²) in [6, 6.07) is 5.49. The number of hydrogen-bond donors (Lipinski definition) is 0. The van der Waals surface area contributed by atoms with Gasteiger partial charge in [0.05, 0.1) is 0 Å². The van der Waals surface area contributed by atoms with Crippen LogP contribution in [0.5, 0.6) is 0 Å². The predicted molar refractivity (Wildman–Crippen MR) is 165 cm³/mol. The predicted octanol–water partition coefficient (Wildman–Crippen LogP) is 8.10. The fourth-order valence-corrected chi connectivity index (χ4v) is 11.8. The topological polar surface area (TPSA) is 0 Å². The molecule has 1 aromatic carbocycles. The molecule has 0 amide bonds. The monoisotopic (exact) mass is 582 g/mol. The van der Waals surface area contributed by atoms with Crippen molar-refractivity contribution in [1.29, 1.82) is 0 Å². The quantitative estimate of drug-likeness (QED) is 0.133. The molecule has 2 aliphatic rings. The van der Waals surface area contributed by atoms with E-state index in [0.717, 1.165) is 24.8 Å². The van der Waals surface area contributed by atoms with Crippen LogP contribution in [-0.2, 0) is 0 Å². The first-order valence-corrected chi connectivity index (χ1v) is 25.4. The van der Waals surface area contributed by atoms with Crippen molar-refractivity contribution in [3.05, 3.63) is 35.2 Å². The van der Waals surface area contributed by atoms with E-state index in [4.69, 9.17) is 0 Å². The molecule has 2 saturated carbocycles. The van der Waals surface area contributed by atoms with Crippen molar-refractivity contribution in [3.8, 4) is 0 Å². The minimum absolute atomic E-state index is 0.821. The molecule has 2 fully saturated rings. The van der Waals surface area contributed by atoms with E-state index in [2.05, 4.69) is 58.7 Å². The fraction of sp³-hybridized carbons (Fsp3) is 0.697. The van der Waals surface area contributed by atoms with Crippen LogP contribution in [0.15, 0.2) is 24.8 Å². The Balaban J connectivity index is 2.11. The van der Waals surface area contributed by atoms with Gasteiger partial charge in [0.25, 0.3) is 0 Å². The van der Waals surface area contributed by atoms with E-state index < -0.39 is 18.4 Å². The average molecular weight is 581 g/mol. The van der Waals surface area contributed by atoms with Crippen molar-refractivity contribution >= 4 is 46.3 Å². The van der Waals surface area contributed by atoms with Crippen molar-refractivity contribution in [3.63, 3.8) is 0 Å². The van der Waals surface area contributed by atoms with E-state index in [1.54, 1.807) is 10.4 Å². The molecule has 0 aromatic heterocycles. The number of benzene rings is 1. The molecule has 2 heteroatoms. The van der Waals surface area contributed by atoms with Crippen LogP contribution in [0.4, 0.5) is 0 Å². The Morgan fingerprint density at radius 2 is 1.29 bits per heavy atom. The standard InChI is InChI=1S/C30H46B.3CH3.Sn/c1-3-5-7-8-12-17-26-23-24-30(25-27(26)18-11-6-4-2)31(28-19-13-9-14-20-28)29-21-15-10-16-22-29;;;;/h3,17-18,23,25,28-29H,1,4-16,19-22H2,2H3;3*1H3;/b26-17-,27-18+;;;;. The van der Waals surface area contributed by atoms with Crippen LogP contribution in [0.3, 0.4) is 0 Å². The first-order chi connectivity index (χ1) is 17.0. The second-order valence-electron chi connectivity index (χ2n) is 12.8. The average Bonchev–Trinajstić information content (AvgIpc) is 2.86. The van der Waals surface area contributed by atoms with Crippen LogP contribution in [0.25, 0.3) is 12.2 Å². The third-order valence-corrected chi connectivity index (χ3v) is 14.7. The van der Waals surface area contributed by atoms with Crippen LogP contribution in [-0.4, -0.2) is 25.1 Å². The molecule has 0 atom stereocenters. The van der Waals surface area contributed by atoms with Gasteiger partial charge in [-0.25, -0.2) is 0 Å². The Bertz CT molecular complexity index is 863. The number of hydrogen-bond acceptors (Lipinski definition) is 0. The van der Waals surface area contributed by atoms with E-state index in [-0.39, 0.29) is 0 Å². The van der Waals surface area contributed by atoms with Gasteiger partial charge in [-0.15, -0.1) is 0 Å². The van der Waals surface area contributed by atoms with Crippen molar-refractivity contribution in [1.82, 2.24) is 0 Å². The molecule has 2 aliphatic carbocycles. The van der Waals surface area contributed by atoms with Gasteiger partial charge in [-0.2, -0.15) is 0 Å². The van der Waals surface area contributed by atoms with Gasteiger partial charge in [0.1, 0.15) is 0 Å². The third-order valence-electron chi connectivity index (χ3n) is 8.89. The SMILES string of the molecule is C=CCCCC/C=c1/c[c]([Sn]([CH3])([CH3])[CH3])c(B(C2CCCCC2)C2CCCCC2)c/c1=C\CCCC. The molecule has 0 spiro atoms. The maximum atomic E-state index is 3.91.